The Kier molecular flexibility index (Phi) is 6.35. The van der Waals surface area contributed by atoms with E-state index in [4.69, 9.17) is 4.52 Å². The molecule has 8 nitrogen and oxygen atoms in total. The second-order valence-electron chi connectivity index (χ2n) is 6.09. The Morgan fingerprint density at radius 1 is 1.38 bits per heavy atom. The second-order valence-corrected chi connectivity index (χ2v) is 8.24. The highest BCUT2D eigenvalue weighted by Crippen LogP contribution is 2.27. The highest BCUT2D eigenvalue weighted by Gasteiger charge is 2.27. The summed E-state index contributed by atoms with van der Waals surface area (Å²) in [5.74, 6) is -0.227. The molecule has 1 unspecified atom stereocenters. The van der Waals surface area contributed by atoms with Crippen LogP contribution in [0.25, 0.3) is 11.5 Å². The monoisotopic (exact) mass is 405 g/mol. The topological polar surface area (TPSA) is 91.6 Å². The summed E-state index contributed by atoms with van der Waals surface area (Å²) < 4.78 is 45.0. The Bertz CT molecular complexity index is 874. The zero-order valence-electron chi connectivity index (χ0n) is 14.6. The number of likely N-dealkylation sites (N-methyl/N-ethyl adjacent to an activating group) is 1. The molecular formula is C15H21ClFN5O3S. The Hall–Kier alpha value is -1.59. The lowest BCUT2D eigenvalue weighted by molar-refractivity contribution is 0.190. The van der Waals surface area contributed by atoms with Gasteiger partial charge in [0, 0.05) is 33.7 Å². The van der Waals surface area contributed by atoms with Crippen LogP contribution < -0.4 is 5.32 Å². The minimum absolute atomic E-state index is 0. The third-order valence-electron chi connectivity index (χ3n) is 4.20. The minimum Gasteiger partial charge on any atom is -0.334 e. The molecule has 1 fully saturated rings. The fraction of sp³-hybridized carbons (Fsp3) is 0.467. The molecule has 144 valence electrons. The Morgan fingerprint density at radius 3 is 2.77 bits per heavy atom. The van der Waals surface area contributed by atoms with Crippen molar-refractivity contribution < 1.29 is 17.3 Å². The predicted molar refractivity (Wildman–Crippen MR) is 96.1 cm³/mol. The van der Waals surface area contributed by atoms with Gasteiger partial charge in [-0.25, -0.2) is 17.1 Å². The van der Waals surface area contributed by atoms with Crippen molar-refractivity contribution in [2.45, 2.75) is 10.9 Å². The van der Waals surface area contributed by atoms with Gasteiger partial charge in [-0.2, -0.15) is 4.98 Å². The van der Waals surface area contributed by atoms with Gasteiger partial charge in [-0.05, 0) is 25.2 Å². The van der Waals surface area contributed by atoms with Gasteiger partial charge in [0.05, 0.1) is 16.5 Å². The van der Waals surface area contributed by atoms with Crippen LogP contribution in [0.2, 0.25) is 0 Å². The number of benzene rings is 1. The van der Waals surface area contributed by atoms with Crippen LogP contribution in [0.4, 0.5) is 4.39 Å². The lowest BCUT2D eigenvalue weighted by Crippen LogP contribution is -2.44. The third-order valence-corrected chi connectivity index (χ3v) is 6.01. The lowest BCUT2D eigenvalue weighted by atomic mass is 10.2. The standard InChI is InChI=1S/C15H20FN5O3S.ClH/c1-20(2)25(22,23)10-4-5-12(16)11(8-10)15-18-14(19-24-15)13-9-17-6-7-21(13)3;/h4-5,8,13,17H,6-7,9H2,1-3H3;1H. The molecule has 0 saturated carbocycles. The first-order chi connectivity index (χ1) is 11.8. The predicted octanol–water partition coefficient (Wildman–Crippen LogP) is 1.12. The van der Waals surface area contributed by atoms with E-state index in [0.717, 1.165) is 23.5 Å². The van der Waals surface area contributed by atoms with E-state index in [1.54, 1.807) is 0 Å². The zero-order chi connectivity index (χ0) is 18.2. The minimum atomic E-state index is -3.69. The number of nitrogens with zero attached hydrogens (tertiary/aromatic N) is 4. The van der Waals surface area contributed by atoms with Crippen LogP contribution >= 0.6 is 12.4 Å². The van der Waals surface area contributed by atoms with E-state index in [1.807, 2.05) is 7.05 Å². The van der Waals surface area contributed by atoms with Crippen molar-refractivity contribution in [3.63, 3.8) is 0 Å². The van der Waals surface area contributed by atoms with Crippen molar-refractivity contribution in [3.05, 3.63) is 29.8 Å². The number of rotatable bonds is 4. The molecule has 2 heterocycles. The van der Waals surface area contributed by atoms with Crippen molar-refractivity contribution >= 4 is 22.4 Å². The molecule has 3 rings (SSSR count). The number of piperazine rings is 1. The first kappa shape index (κ1) is 20.7. The first-order valence-corrected chi connectivity index (χ1v) is 9.21. The average Bonchev–Trinajstić information content (AvgIpc) is 3.05. The van der Waals surface area contributed by atoms with Gasteiger partial charge in [0.2, 0.25) is 10.0 Å². The molecule has 2 aromatic rings. The summed E-state index contributed by atoms with van der Waals surface area (Å²) in [5, 5.41) is 7.18. The normalized spacial score (nSPS) is 18.7. The molecule has 0 amide bonds. The van der Waals surface area contributed by atoms with Crippen molar-refractivity contribution in [2.75, 3.05) is 40.8 Å². The van der Waals surface area contributed by atoms with E-state index in [1.165, 1.54) is 26.2 Å². The summed E-state index contributed by atoms with van der Waals surface area (Å²) in [5.41, 5.74) is -0.0342. The highest BCUT2D eigenvalue weighted by atomic mass is 35.5. The Labute approximate surface area is 157 Å². The summed E-state index contributed by atoms with van der Waals surface area (Å²) in [4.78, 5) is 6.32. The van der Waals surface area contributed by atoms with Gasteiger partial charge in [-0.15, -0.1) is 12.4 Å². The molecule has 1 aromatic carbocycles. The largest absolute Gasteiger partial charge is 0.334 e. The SMILES string of the molecule is CN1CCNCC1c1noc(-c2cc(S(=O)(=O)N(C)C)ccc2F)n1.Cl. The van der Waals surface area contributed by atoms with Gasteiger partial charge in [0.1, 0.15) is 5.82 Å². The number of halogens is 2. The zero-order valence-corrected chi connectivity index (χ0v) is 16.3. The molecule has 0 aliphatic carbocycles. The average molecular weight is 406 g/mol. The number of hydrogen-bond acceptors (Lipinski definition) is 7. The van der Waals surface area contributed by atoms with Gasteiger partial charge in [0.25, 0.3) is 5.89 Å². The second kappa shape index (κ2) is 7.97. The maximum absolute atomic E-state index is 14.2. The van der Waals surface area contributed by atoms with E-state index < -0.39 is 15.8 Å². The molecule has 1 atom stereocenters. The summed E-state index contributed by atoms with van der Waals surface area (Å²) in [6.45, 7) is 2.36. The van der Waals surface area contributed by atoms with Crippen LogP contribution in [-0.4, -0.2) is 68.5 Å². The van der Waals surface area contributed by atoms with Gasteiger partial charge in [0.15, 0.2) is 5.82 Å². The van der Waals surface area contributed by atoms with Crippen LogP contribution in [0.1, 0.15) is 11.9 Å². The molecule has 0 spiro atoms. The van der Waals surface area contributed by atoms with Gasteiger partial charge >= 0.3 is 0 Å². The third kappa shape index (κ3) is 3.89. The van der Waals surface area contributed by atoms with Gasteiger partial charge in [-0.3, -0.25) is 4.90 Å². The number of aromatic nitrogens is 2. The van der Waals surface area contributed by atoms with Crippen LogP contribution in [0.15, 0.2) is 27.6 Å². The summed E-state index contributed by atoms with van der Waals surface area (Å²) in [6, 6.07) is 3.43. The number of hydrogen-bond donors (Lipinski definition) is 1. The van der Waals surface area contributed by atoms with Crippen molar-refractivity contribution in [1.29, 1.82) is 0 Å². The molecule has 1 N–H and O–H groups in total. The number of sulfonamides is 1. The molecule has 0 bridgehead atoms. The summed E-state index contributed by atoms with van der Waals surface area (Å²) in [6.07, 6.45) is 0. The highest BCUT2D eigenvalue weighted by molar-refractivity contribution is 7.89. The Morgan fingerprint density at radius 2 is 2.12 bits per heavy atom. The molecule has 1 saturated heterocycles. The van der Waals surface area contributed by atoms with Crippen LogP contribution in [0.3, 0.4) is 0 Å². The van der Waals surface area contributed by atoms with Gasteiger partial charge in [-0.1, -0.05) is 5.16 Å². The van der Waals surface area contributed by atoms with Crippen LogP contribution in [-0.2, 0) is 10.0 Å². The first-order valence-electron chi connectivity index (χ1n) is 7.77. The number of nitrogens with one attached hydrogen (secondary N) is 1. The fourth-order valence-electron chi connectivity index (χ4n) is 2.61. The molecule has 26 heavy (non-hydrogen) atoms. The van der Waals surface area contributed by atoms with Crippen molar-refractivity contribution in [2.24, 2.45) is 0 Å². The molecule has 0 radical (unpaired) electrons. The summed E-state index contributed by atoms with van der Waals surface area (Å²) >= 11 is 0. The quantitative estimate of drug-likeness (QED) is 0.814. The van der Waals surface area contributed by atoms with Crippen LogP contribution in [0.5, 0.6) is 0 Å². The molecule has 1 aliphatic heterocycles. The summed E-state index contributed by atoms with van der Waals surface area (Å²) in [7, 11) is 1.09. The van der Waals surface area contributed by atoms with E-state index in [0.29, 0.717) is 12.4 Å². The van der Waals surface area contributed by atoms with Gasteiger partial charge < -0.3 is 9.84 Å². The molecule has 11 heteroatoms. The fourth-order valence-corrected chi connectivity index (χ4v) is 3.54. The Balaban J connectivity index is 0.00000243. The molecular weight excluding hydrogens is 385 g/mol. The smallest absolute Gasteiger partial charge is 0.261 e. The molecule has 1 aliphatic rings. The van der Waals surface area contributed by atoms with E-state index in [-0.39, 0.29) is 34.8 Å². The van der Waals surface area contributed by atoms with Crippen molar-refractivity contribution in [3.8, 4) is 11.5 Å². The molecule has 1 aromatic heterocycles. The van der Waals surface area contributed by atoms with E-state index >= 15 is 0 Å². The van der Waals surface area contributed by atoms with E-state index in [2.05, 4.69) is 20.4 Å². The van der Waals surface area contributed by atoms with Crippen molar-refractivity contribution in [1.82, 2.24) is 24.7 Å². The van der Waals surface area contributed by atoms with Crippen LogP contribution in [0, 0.1) is 5.82 Å². The lowest BCUT2D eigenvalue weighted by Gasteiger charge is -2.30. The van der Waals surface area contributed by atoms with E-state index in [9.17, 15) is 12.8 Å². The maximum atomic E-state index is 14.2. The maximum Gasteiger partial charge on any atom is 0.261 e.